The molecule has 2 aromatic rings. The van der Waals surface area contributed by atoms with E-state index in [-0.39, 0.29) is 11.8 Å². The Hall–Kier alpha value is -1.85. The Morgan fingerprint density at radius 3 is 2.50 bits per heavy atom. The lowest BCUT2D eigenvalue weighted by Crippen LogP contribution is -2.58. The second-order valence-electron chi connectivity index (χ2n) is 8.99. The molecule has 0 spiro atoms. The fourth-order valence-corrected chi connectivity index (χ4v) is 6.00. The van der Waals surface area contributed by atoms with Crippen LogP contribution < -0.4 is 4.74 Å². The fourth-order valence-electron chi connectivity index (χ4n) is 6.00. The van der Waals surface area contributed by atoms with Gasteiger partial charge in [-0.25, -0.2) is 4.98 Å². The monoisotopic (exact) mass is 381 g/mol. The summed E-state index contributed by atoms with van der Waals surface area (Å²) in [7, 11) is 3.78. The van der Waals surface area contributed by atoms with Gasteiger partial charge in [-0.3, -0.25) is 4.90 Å². The zero-order chi connectivity index (χ0) is 19.3. The summed E-state index contributed by atoms with van der Waals surface area (Å²) in [5.41, 5.74) is 3.45. The Kier molecular flexibility index (Phi) is 4.48. The highest BCUT2D eigenvalue weighted by Crippen LogP contribution is 2.49. The van der Waals surface area contributed by atoms with E-state index >= 15 is 0 Å². The minimum atomic E-state index is -0.797. The van der Waals surface area contributed by atoms with Gasteiger partial charge in [-0.2, -0.15) is 0 Å². The van der Waals surface area contributed by atoms with Crippen LogP contribution in [0.25, 0.3) is 0 Å². The summed E-state index contributed by atoms with van der Waals surface area (Å²) >= 11 is 0. The molecule has 2 heterocycles. The summed E-state index contributed by atoms with van der Waals surface area (Å²) in [4.78, 5) is 7.08. The number of ether oxygens (including phenoxy) is 1. The van der Waals surface area contributed by atoms with Crippen LogP contribution in [-0.4, -0.2) is 39.8 Å². The molecule has 2 bridgehead atoms. The van der Waals surface area contributed by atoms with Gasteiger partial charge >= 0.3 is 0 Å². The molecule has 3 aliphatic rings. The molecule has 5 rings (SSSR count). The first-order chi connectivity index (χ1) is 13.6. The zero-order valence-electron chi connectivity index (χ0n) is 17.0. The highest BCUT2D eigenvalue weighted by molar-refractivity contribution is 5.45. The van der Waals surface area contributed by atoms with Crippen LogP contribution in [0, 0.1) is 11.8 Å². The number of fused-ring (bicyclic) bond motifs is 3. The van der Waals surface area contributed by atoms with Crippen LogP contribution >= 0.6 is 0 Å². The maximum Gasteiger partial charge on any atom is 0.141 e. The Morgan fingerprint density at radius 1 is 1.14 bits per heavy atom. The Balaban J connectivity index is 1.41. The molecule has 1 saturated carbocycles. The fraction of sp³-hybridized carbons (Fsp3) is 0.609. The van der Waals surface area contributed by atoms with E-state index < -0.39 is 5.60 Å². The van der Waals surface area contributed by atoms with Gasteiger partial charge < -0.3 is 14.4 Å². The molecule has 2 atom stereocenters. The molecule has 1 aromatic carbocycles. The van der Waals surface area contributed by atoms with Gasteiger partial charge in [-0.05, 0) is 49.3 Å². The molecule has 5 nitrogen and oxygen atoms in total. The first kappa shape index (κ1) is 18.2. The lowest BCUT2D eigenvalue weighted by molar-refractivity contribution is -0.155. The van der Waals surface area contributed by atoms with Crippen molar-refractivity contribution in [2.24, 2.45) is 18.9 Å². The maximum absolute atomic E-state index is 11.8. The van der Waals surface area contributed by atoms with Crippen molar-refractivity contribution in [1.29, 1.82) is 0 Å². The molecule has 28 heavy (non-hydrogen) atoms. The van der Waals surface area contributed by atoms with Crippen molar-refractivity contribution in [3.63, 3.8) is 0 Å². The summed E-state index contributed by atoms with van der Waals surface area (Å²) in [5.74, 6) is 2.34. The number of likely N-dealkylation sites (tertiary alicyclic amines) is 1. The number of piperidine rings is 1. The van der Waals surface area contributed by atoms with E-state index in [1.54, 1.807) is 7.11 Å². The Labute approximate surface area is 167 Å². The highest BCUT2D eigenvalue weighted by Gasteiger charge is 2.53. The van der Waals surface area contributed by atoms with Crippen molar-refractivity contribution in [2.45, 2.75) is 50.7 Å². The van der Waals surface area contributed by atoms with Crippen LogP contribution in [0.15, 0.2) is 24.5 Å². The van der Waals surface area contributed by atoms with Gasteiger partial charge in [-0.1, -0.05) is 12.5 Å². The summed E-state index contributed by atoms with van der Waals surface area (Å²) in [6.45, 7) is 2.74. The quantitative estimate of drug-likeness (QED) is 0.884. The van der Waals surface area contributed by atoms with E-state index in [2.05, 4.69) is 22.0 Å². The van der Waals surface area contributed by atoms with Gasteiger partial charge in [0, 0.05) is 56.5 Å². The van der Waals surface area contributed by atoms with Gasteiger partial charge in [0.05, 0.1) is 7.11 Å². The minimum absolute atomic E-state index is 0.238. The summed E-state index contributed by atoms with van der Waals surface area (Å²) in [6, 6.07) is 4.63. The topological polar surface area (TPSA) is 50.5 Å². The lowest BCUT2D eigenvalue weighted by Gasteiger charge is -2.52. The third kappa shape index (κ3) is 2.79. The number of aromatic nitrogens is 2. The largest absolute Gasteiger partial charge is 0.496 e. The average molecular weight is 382 g/mol. The van der Waals surface area contributed by atoms with Crippen LogP contribution in [0.1, 0.15) is 48.2 Å². The van der Waals surface area contributed by atoms with Crippen LogP contribution in [0.4, 0.5) is 0 Å². The predicted octanol–water partition coefficient (Wildman–Crippen LogP) is 3.04. The summed E-state index contributed by atoms with van der Waals surface area (Å²) in [6.07, 6.45) is 10.7. The van der Waals surface area contributed by atoms with Crippen molar-refractivity contribution in [2.75, 3.05) is 20.2 Å². The zero-order valence-corrected chi connectivity index (χ0v) is 17.0. The van der Waals surface area contributed by atoms with Crippen molar-refractivity contribution in [1.82, 2.24) is 14.5 Å². The number of aryl methyl sites for hydroxylation is 3. The molecule has 5 heteroatoms. The van der Waals surface area contributed by atoms with Crippen LogP contribution in [0.5, 0.6) is 5.75 Å². The van der Waals surface area contributed by atoms with E-state index in [0.29, 0.717) is 0 Å². The van der Waals surface area contributed by atoms with Gasteiger partial charge in [0.1, 0.15) is 17.2 Å². The van der Waals surface area contributed by atoms with Crippen LogP contribution in [-0.2, 0) is 32.0 Å². The Morgan fingerprint density at radius 2 is 1.86 bits per heavy atom. The first-order valence-corrected chi connectivity index (χ1v) is 10.7. The van der Waals surface area contributed by atoms with E-state index in [9.17, 15) is 5.11 Å². The summed E-state index contributed by atoms with van der Waals surface area (Å²) < 4.78 is 7.74. The number of aliphatic hydroxyl groups is 1. The van der Waals surface area contributed by atoms with Crippen molar-refractivity contribution in [3.05, 3.63) is 47.0 Å². The van der Waals surface area contributed by atoms with E-state index in [4.69, 9.17) is 4.74 Å². The number of rotatable bonds is 4. The van der Waals surface area contributed by atoms with E-state index in [0.717, 1.165) is 44.0 Å². The third-order valence-electron chi connectivity index (χ3n) is 7.38. The van der Waals surface area contributed by atoms with Crippen LogP contribution in [0.2, 0.25) is 0 Å². The number of hydrogen-bond donors (Lipinski definition) is 1. The standard InChI is InChI=1S/C23H31N3O2/c1-25-10-9-24-22(25)23(27)19-7-4-8-20(23)15-26(14-19)13-18-11-16-5-3-6-17(16)12-21(18)28-2/h9-12,19-20,27H,3-8,13-15H2,1-2H3/t19-,20-/m0/s1. The molecular weight excluding hydrogens is 350 g/mol. The van der Waals surface area contributed by atoms with Crippen LogP contribution in [0.3, 0.4) is 0 Å². The van der Waals surface area contributed by atoms with Crippen molar-refractivity contribution >= 4 is 0 Å². The first-order valence-electron chi connectivity index (χ1n) is 10.7. The smallest absolute Gasteiger partial charge is 0.141 e. The molecule has 0 radical (unpaired) electrons. The van der Waals surface area contributed by atoms with E-state index in [1.807, 2.05) is 24.0 Å². The molecule has 150 valence electrons. The minimum Gasteiger partial charge on any atom is -0.496 e. The SMILES string of the molecule is COc1cc2c(cc1CN1C[C@@H]3CCC[C@@H](C1)C3(O)c1nccn1C)CCC2. The van der Waals surface area contributed by atoms with Crippen molar-refractivity contribution < 1.29 is 9.84 Å². The lowest BCUT2D eigenvalue weighted by atomic mass is 9.65. The molecule has 2 fully saturated rings. The van der Waals surface area contributed by atoms with Gasteiger partial charge in [-0.15, -0.1) is 0 Å². The normalized spacial score (nSPS) is 29.7. The van der Waals surface area contributed by atoms with Gasteiger partial charge in [0.25, 0.3) is 0 Å². The number of methoxy groups -OCH3 is 1. The van der Waals surface area contributed by atoms with Crippen molar-refractivity contribution in [3.8, 4) is 5.75 Å². The van der Waals surface area contributed by atoms with E-state index in [1.165, 1.54) is 42.4 Å². The number of benzene rings is 1. The molecule has 1 N–H and O–H groups in total. The molecular formula is C23H31N3O2. The van der Waals surface area contributed by atoms with Gasteiger partial charge in [0.2, 0.25) is 0 Å². The second kappa shape index (κ2) is 6.89. The molecule has 0 unspecified atom stereocenters. The summed E-state index contributed by atoms with van der Waals surface area (Å²) in [5, 5.41) is 11.8. The highest BCUT2D eigenvalue weighted by atomic mass is 16.5. The maximum atomic E-state index is 11.8. The predicted molar refractivity (Wildman–Crippen MR) is 108 cm³/mol. The number of hydrogen-bond acceptors (Lipinski definition) is 4. The number of imidazole rings is 1. The Bertz CT molecular complexity index is 861. The number of nitrogens with zero attached hydrogens (tertiary/aromatic N) is 3. The molecule has 0 amide bonds. The molecule has 1 aromatic heterocycles. The molecule has 1 aliphatic heterocycles. The third-order valence-corrected chi connectivity index (χ3v) is 7.38. The average Bonchev–Trinajstić information content (AvgIpc) is 3.30. The molecule has 2 aliphatic carbocycles. The van der Waals surface area contributed by atoms with Gasteiger partial charge in [0.15, 0.2) is 0 Å². The second-order valence-corrected chi connectivity index (χ2v) is 8.99. The molecule has 1 saturated heterocycles.